The van der Waals surface area contributed by atoms with E-state index in [-0.39, 0.29) is 18.0 Å². The molecule has 0 aromatic heterocycles. The van der Waals surface area contributed by atoms with Gasteiger partial charge in [-0.25, -0.2) is 4.79 Å². The van der Waals surface area contributed by atoms with Crippen molar-refractivity contribution in [3.63, 3.8) is 0 Å². The lowest BCUT2D eigenvalue weighted by molar-refractivity contribution is -0.122. The lowest BCUT2D eigenvalue weighted by Crippen LogP contribution is -2.43. The number of anilines is 2. The van der Waals surface area contributed by atoms with Crippen LogP contribution in [0.3, 0.4) is 0 Å². The number of urea groups is 1. The molecule has 0 aliphatic carbocycles. The topological polar surface area (TPSA) is 52.7 Å². The van der Waals surface area contributed by atoms with Gasteiger partial charge < -0.3 is 15.1 Å². The molecule has 0 spiro atoms. The van der Waals surface area contributed by atoms with Crippen molar-refractivity contribution in [2.75, 3.05) is 23.3 Å². The van der Waals surface area contributed by atoms with Crippen LogP contribution in [0.5, 0.6) is 0 Å². The maximum Gasteiger partial charge on any atom is 0.322 e. The molecule has 0 radical (unpaired) electrons. The average molecular weight is 349 g/mol. The second kappa shape index (κ2) is 6.83. The van der Waals surface area contributed by atoms with Crippen molar-refractivity contribution < 1.29 is 9.59 Å². The Hall–Kier alpha value is -2.82. The zero-order chi connectivity index (χ0) is 18.1. The summed E-state index contributed by atoms with van der Waals surface area (Å²) in [6, 6.07) is 15.9. The van der Waals surface area contributed by atoms with Crippen LogP contribution in [0.2, 0.25) is 0 Å². The summed E-state index contributed by atoms with van der Waals surface area (Å²) in [5.41, 5.74) is 4.05. The van der Waals surface area contributed by atoms with Gasteiger partial charge in [0.1, 0.15) is 0 Å². The van der Waals surface area contributed by atoms with Crippen molar-refractivity contribution >= 4 is 23.3 Å². The molecule has 2 heterocycles. The van der Waals surface area contributed by atoms with Gasteiger partial charge in [-0.1, -0.05) is 29.8 Å². The zero-order valence-electron chi connectivity index (χ0n) is 14.9. The zero-order valence-corrected chi connectivity index (χ0v) is 14.9. The van der Waals surface area contributed by atoms with E-state index in [1.54, 1.807) is 4.90 Å². The van der Waals surface area contributed by atoms with Gasteiger partial charge in [-0.3, -0.25) is 4.79 Å². The van der Waals surface area contributed by atoms with Gasteiger partial charge >= 0.3 is 6.03 Å². The monoisotopic (exact) mass is 349 g/mol. The second-order valence-corrected chi connectivity index (χ2v) is 7.04. The highest BCUT2D eigenvalue weighted by molar-refractivity contribution is 5.99. The normalized spacial score (nSPS) is 19.4. The molecule has 134 valence electrons. The third kappa shape index (κ3) is 3.17. The van der Waals surface area contributed by atoms with Gasteiger partial charge in [-0.2, -0.15) is 0 Å². The minimum Gasteiger partial charge on any atom is -0.317 e. The van der Waals surface area contributed by atoms with E-state index in [2.05, 4.69) is 36.5 Å². The van der Waals surface area contributed by atoms with Crippen LogP contribution in [0, 0.1) is 6.92 Å². The van der Waals surface area contributed by atoms with Crippen LogP contribution >= 0.6 is 0 Å². The number of rotatable bonds is 3. The Labute approximate surface area is 153 Å². The molecule has 3 amide bonds. The predicted molar refractivity (Wildman–Crippen MR) is 102 cm³/mol. The van der Waals surface area contributed by atoms with E-state index in [0.717, 1.165) is 37.3 Å². The van der Waals surface area contributed by atoms with E-state index in [0.29, 0.717) is 6.42 Å². The van der Waals surface area contributed by atoms with Crippen LogP contribution in [0.4, 0.5) is 16.2 Å². The summed E-state index contributed by atoms with van der Waals surface area (Å²) >= 11 is 0. The Morgan fingerprint density at radius 1 is 1.12 bits per heavy atom. The first-order valence-electron chi connectivity index (χ1n) is 9.16. The molecular formula is C21H23N3O2. The minimum absolute atomic E-state index is 0.0678. The highest BCUT2D eigenvalue weighted by Gasteiger charge is 2.30. The van der Waals surface area contributed by atoms with Crippen LogP contribution in [0.1, 0.15) is 36.4 Å². The molecule has 2 aliphatic heterocycles. The second-order valence-electron chi connectivity index (χ2n) is 7.04. The summed E-state index contributed by atoms with van der Waals surface area (Å²) in [6.45, 7) is 3.62. The number of hydrogen-bond donors (Lipinski definition) is 1. The number of benzene rings is 2. The third-order valence-electron chi connectivity index (χ3n) is 5.22. The number of likely N-dealkylation sites (tertiary alicyclic amines) is 1. The molecule has 0 saturated carbocycles. The number of aryl methyl sites for hydroxylation is 1. The molecule has 2 saturated heterocycles. The maximum absolute atomic E-state index is 12.8. The Kier molecular flexibility index (Phi) is 4.37. The van der Waals surface area contributed by atoms with Crippen LogP contribution < -0.4 is 10.2 Å². The fourth-order valence-corrected chi connectivity index (χ4v) is 3.74. The standard InChI is InChI=1S/C21H23N3O2/c1-15-4-2-5-16(14-15)19-6-3-12-24(19)21(26)22-17-7-9-18(10-8-17)23-13-11-20(23)25/h2,4-5,7-10,14,19H,3,6,11-13H2,1H3,(H,22,26)/t19-/m1/s1. The molecule has 2 aliphatic rings. The number of amides is 3. The third-order valence-corrected chi connectivity index (χ3v) is 5.22. The molecule has 0 bridgehead atoms. The van der Waals surface area contributed by atoms with Gasteiger partial charge in [0.25, 0.3) is 0 Å². The summed E-state index contributed by atoms with van der Waals surface area (Å²) < 4.78 is 0. The fraction of sp³-hybridized carbons (Fsp3) is 0.333. The fourth-order valence-electron chi connectivity index (χ4n) is 3.74. The van der Waals surface area contributed by atoms with Gasteiger partial charge in [0.15, 0.2) is 0 Å². The van der Waals surface area contributed by atoms with Gasteiger partial charge in [-0.15, -0.1) is 0 Å². The van der Waals surface area contributed by atoms with Crippen molar-refractivity contribution in [1.82, 2.24) is 4.90 Å². The summed E-state index contributed by atoms with van der Waals surface area (Å²) in [6.07, 6.45) is 2.63. The first-order valence-corrected chi connectivity index (χ1v) is 9.16. The first-order chi connectivity index (χ1) is 12.6. The van der Waals surface area contributed by atoms with Crippen molar-refractivity contribution in [2.24, 2.45) is 0 Å². The SMILES string of the molecule is Cc1cccc([C@H]2CCCN2C(=O)Nc2ccc(N3CCC3=O)cc2)c1. The van der Waals surface area contributed by atoms with Crippen molar-refractivity contribution in [3.05, 3.63) is 59.7 Å². The van der Waals surface area contributed by atoms with Gasteiger partial charge in [0.05, 0.1) is 6.04 Å². The quantitative estimate of drug-likeness (QED) is 0.848. The molecule has 2 aromatic rings. The van der Waals surface area contributed by atoms with Crippen molar-refractivity contribution in [1.29, 1.82) is 0 Å². The highest BCUT2D eigenvalue weighted by atomic mass is 16.2. The van der Waals surface area contributed by atoms with Crippen LogP contribution in [-0.4, -0.2) is 29.9 Å². The van der Waals surface area contributed by atoms with E-state index >= 15 is 0 Å². The molecular weight excluding hydrogens is 326 g/mol. The van der Waals surface area contributed by atoms with Gasteiger partial charge in [0.2, 0.25) is 5.91 Å². The summed E-state index contributed by atoms with van der Waals surface area (Å²) in [5, 5.41) is 3.00. The van der Waals surface area contributed by atoms with Crippen LogP contribution in [0.25, 0.3) is 0 Å². The maximum atomic E-state index is 12.8. The summed E-state index contributed by atoms with van der Waals surface area (Å²) in [5.74, 6) is 0.153. The lowest BCUT2D eigenvalue weighted by Gasteiger charge is -2.30. The number of carbonyl (C=O) groups excluding carboxylic acids is 2. The molecule has 2 fully saturated rings. The Morgan fingerprint density at radius 2 is 1.92 bits per heavy atom. The molecule has 5 nitrogen and oxygen atoms in total. The molecule has 2 aromatic carbocycles. The van der Waals surface area contributed by atoms with E-state index in [1.807, 2.05) is 29.2 Å². The minimum atomic E-state index is -0.0678. The molecule has 0 unspecified atom stereocenters. The Bertz CT molecular complexity index is 831. The summed E-state index contributed by atoms with van der Waals surface area (Å²) in [7, 11) is 0. The van der Waals surface area contributed by atoms with Gasteiger partial charge in [0, 0.05) is 30.9 Å². The number of hydrogen-bond acceptors (Lipinski definition) is 2. The summed E-state index contributed by atoms with van der Waals surface area (Å²) in [4.78, 5) is 28.0. The average Bonchev–Trinajstić information content (AvgIpc) is 3.12. The van der Waals surface area contributed by atoms with Crippen molar-refractivity contribution in [2.45, 2.75) is 32.2 Å². The Morgan fingerprint density at radius 3 is 2.58 bits per heavy atom. The van der Waals surface area contributed by atoms with Crippen molar-refractivity contribution in [3.8, 4) is 0 Å². The van der Waals surface area contributed by atoms with Crippen LogP contribution in [-0.2, 0) is 4.79 Å². The Balaban J connectivity index is 1.44. The number of β-lactam (4-membered cyclic amide) rings is 1. The van der Waals surface area contributed by atoms with E-state index in [4.69, 9.17) is 0 Å². The molecule has 26 heavy (non-hydrogen) atoms. The van der Waals surface area contributed by atoms with Gasteiger partial charge in [-0.05, 0) is 49.6 Å². The number of carbonyl (C=O) groups is 2. The van der Waals surface area contributed by atoms with Crippen LogP contribution in [0.15, 0.2) is 48.5 Å². The van der Waals surface area contributed by atoms with E-state index in [1.165, 1.54) is 11.1 Å². The largest absolute Gasteiger partial charge is 0.322 e. The first kappa shape index (κ1) is 16.6. The van der Waals surface area contributed by atoms with E-state index < -0.39 is 0 Å². The molecule has 1 atom stereocenters. The highest BCUT2D eigenvalue weighted by Crippen LogP contribution is 2.33. The molecule has 5 heteroatoms. The lowest BCUT2D eigenvalue weighted by atomic mass is 10.0. The predicted octanol–water partition coefficient (Wildman–Crippen LogP) is 4.10. The molecule has 4 rings (SSSR count). The van der Waals surface area contributed by atoms with E-state index in [9.17, 15) is 9.59 Å². The smallest absolute Gasteiger partial charge is 0.317 e. The molecule has 1 N–H and O–H groups in total. The number of nitrogens with one attached hydrogen (secondary N) is 1. The number of nitrogens with zero attached hydrogens (tertiary/aromatic N) is 2.